The fraction of sp³-hybridized carbons (Fsp3) is 0.636. The van der Waals surface area contributed by atoms with E-state index in [1.54, 1.807) is 28.0 Å². The summed E-state index contributed by atoms with van der Waals surface area (Å²) in [5, 5.41) is 3.98. The predicted octanol–water partition coefficient (Wildman–Crippen LogP) is 0.479. The molecule has 1 saturated heterocycles. The summed E-state index contributed by atoms with van der Waals surface area (Å²) in [6.07, 6.45) is -1.04. The lowest BCUT2D eigenvalue weighted by Gasteiger charge is -2.18. The molecule has 2 heterocycles. The van der Waals surface area contributed by atoms with Gasteiger partial charge in [-0.05, 0) is 6.07 Å². The van der Waals surface area contributed by atoms with E-state index < -0.39 is 23.9 Å². The molecule has 1 aromatic rings. The zero-order valence-electron chi connectivity index (χ0n) is 10.2. The van der Waals surface area contributed by atoms with Crippen LogP contribution in [0.1, 0.15) is 0 Å². The molecule has 2 N–H and O–H groups in total. The standard InChI is InChI=1S/C11H15F3N4O/c12-11(13,14)9-7-17(6-8(9)10(15)19)4-5-18-3-1-2-16-18/h1-3,8-9H,4-7H2,(H2,15,19)/t8-,9-/m1/s1. The maximum Gasteiger partial charge on any atom is 0.393 e. The van der Waals surface area contributed by atoms with Crippen molar-refractivity contribution < 1.29 is 18.0 Å². The van der Waals surface area contributed by atoms with Gasteiger partial charge in [-0.2, -0.15) is 18.3 Å². The smallest absolute Gasteiger partial charge is 0.369 e. The summed E-state index contributed by atoms with van der Waals surface area (Å²) in [5.74, 6) is -3.70. The third-order valence-corrected chi connectivity index (χ3v) is 3.39. The number of hydrogen-bond donors (Lipinski definition) is 1. The van der Waals surface area contributed by atoms with Crippen LogP contribution in [0.25, 0.3) is 0 Å². The zero-order valence-corrected chi connectivity index (χ0v) is 10.2. The van der Waals surface area contributed by atoms with Crippen LogP contribution in [0.2, 0.25) is 0 Å². The van der Waals surface area contributed by atoms with Crippen LogP contribution < -0.4 is 5.73 Å². The summed E-state index contributed by atoms with van der Waals surface area (Å²) in [7, 11) is 0. The van der Waals surface area contributed by atoms with E-state index in [2.05, 4.69) is 5.10 Å². The molecule has 8 heteroatoms. The van der Waals surface area contributed by atoms with E-state index in [4.69, 9.17) is 5.73 Å². The van der Waals surface area contributed by atoms with Gasteiger partial charge in [0.1, 0.15) is 0 Å². The van der Waals surface area contributed by atoms with Crippen molar-refractivity contribution in [1.82, 2.24) is 14.7 Å². The number of nitrogens with two attached hydrogens (primary N) is 1. The maximum atomic E-state index is 12.8. The Morgan fingerprint density at radius 1 is 1.37 bits per heavy atom. The first-order chi connectivity index (χ1) is 8.88. The molecule has 0 aromatic carbocycles. The number of nitrogens with zero attached hydrogens (tertiary/aromatic N) is 3. The van der Waals surface area contributed by atoms with Crippen LogP contribution in [0.5, 0.6) is 0 Å². The van der Waals surface area contributed by atoms with Crippen LogP contribution >= 0.6 is 0 Å². The topological polar surface area (TPSA) is 64.2 Å². The Morgan fingerprint density at radius 3 is 2.58 bits per heavy atom. The molecule has 1 aliphatic rings. The lowest BCUT2D eigenvalue weighted by atomic mass is 9.95. The third-order valence-electron chi connectivity index (χ3n) is 3.39. The highest BCUT2D eigenvalue weighted by molar-refractivity contribution is 5.77. The molecule has 0 saturated carbocycles. The number of likely N-dealkylation sites (tertiary alicyclic amines) is 1. The minimum absolute atomic E-state index is 0.0563. The third kappa shape index (κ3) is 3.25. The number of primary amides is 1. The second-order valence-electron chi connectivity index (χ2n) is 4.69. The fourth-order valence-corrected chi connectivity index (χ4v) is 2.36. The van der Waals surface area contributed by atoms with E-state index in [0.717, 1.165) is 0 Å². The van der Waals surface area contributed by atoms with Gasteiger partial charge in [0.15, 0.2) is 0 Å². The van der Waals surface area contributed by atoms with Crippen LogP contribution in [0.15, 0.2) is 18.5 Å². The Hall–Kier alpha value is -1.57. The largest absolute Gasteiger partial charge is 0.393 e. The van der Waals surface area contributed by atoms with Crippen LogP contribution in [-0.2, 0) is 11.3 Å². The highest BCUT2D eigenvalue weighted by Crippen LogP contribution is 2.37. The number of amides is 1. The summed E-state index contributed by atoms with van der Waals surface area (Å²) in [4.78, 5) is 12.7. The first-order valence-electron chi connectivity index (χ1n) is 5.93. The van der Waals surface area contributed by atoms with Crippen molar-refractivity contribution >= 4 is 5.91 Å². The number of rotatable bonds is 4. The van der Waals surface area contributed by atoms with Gasteiger partial charge in [-0.15, -0.1) is 0 Å². The SMILES string of the molecule is NC(=O)[C@@H]1CN(CCn2cccn2)C[C@H]1C(F)(F)F. The summed E-state index contributed by atoms with van der Waals surface area (Å²) >= 11 is 0. The molecule has 0 bridgehead atoms. The second kappa shape index (κ2) is 5.20. The molecule has 19 heavy (non-hydrogen) atoms. The number of aromatic nitrogens is 2. The van der Waals surface area contributed by atoms with Crippen molar-refractivity contribution in [3.63, 3.8) is 0 Å². The second-order valence-corrected chi connectivity index (χ2v) is 4.69. The Morgan fingerprint density at radius 2 is 2.11 bits per heavy atom. The minimum atomic E-state index is -4.39. The van der Waals surface area contributed by atoms with Crippen molar-refractivity contribution in [3.8, 4) is 0 Å². The van der Waals surface area contributed by atoms with Gasteiger partial charge in [-0.25, -0.2) is 0 Å². The Bertz CT molecular complexity index is 432. The van der Waals surface area contributed by atoms with E-state index in [9.17, 15) is 18.0 Å². The van der Waals surface area contributed by atoms with Crippen molar-refractivity contribution in [1.29, 1.82) is 0 Å². The molecule has 1 aromatic heterocycles. The van der Waals surface area contributed by atoms with Gasteiger partial charge in [0.2, 0.25) is 5.91 Å². The molecular formula is C11H15F3N4O. The number of carbonyl (C=O) groups excluding carboxylic acids is 1. The molecule has 5 nitrogen and oxygen atoms in total. The molecule has 0 unspecified atom stereocenters. The molecule has 1 aliphatic heterocycles. The Kier molecular flexibility index (Phi) is 3.79. The number of halogens is 3. The van der Waals surface area contributed by atoms with E-state index in [0.29, 0.717) is 13.1 Å². The molecule has 2 rings (SSSR count). The van der Waals surface area contributed by atoms with Crippen LogP contribution in [0, 0.1) is 11.8 Å². The highest BCUT2D eigenvalue weighted by Gasteiger charge is 2.51. The van der Waals surface area contributed by atoms with Crippen LogP contribution in [-0.4, -0.2) is 46.4 Å². The van der Waals surface area contributed by atoms with E-state index in [1.807, 2.05) is 0 Å². The molecular weight excluding hydrogens is 261 g/mol. The van der Waals surface area contributed by atoms with Crippen molar-refractivity contribution in [3.05, 3.63) is 18.5 Å². The lowest BCUT2D eigenvalue weighted by Crippen LogP contribution is -2.37. The van der Waals surface area contributed by atoms with Crippen LogP contribution in [0.4, 0.5) is 13.2 Å². The quantitative estimate of drug-likeness (QED) is 0.870. The van der Waals surface area contributed by atoms with Gasteiger partial charge < -0.3 is 10.6 Å². The van der Waals surface area contributed by atoms with Gasteiger partial charge in [0.05, 0.1) is 18.4 Å². The average Bonchev–Trinajstić information content (AvgIpc) is 2.94. The molecule has 1 fully saturated rings. The van der Waals surface area contributed by atoms with Crippen molar-refractivity contribution in [2.45, 2.75) is 12.7 Å². The molecule has 0 radical (unpaired) electrons. The molecule has 106 valence electrons. The van der Waals surface area contributed by atoms with Gasteiger partial charge in [0.25, 0.3) is 0 Å². The zero-order chi connectivity index (χ0) is 14.0. The average molecular weight is 276 g/mol. The van der Waals surface area contributed by atoms with E-state index in [1.165, 1.54) is 0 Å². The molecule has 2 atom stereocenters. The first-order valence-corrected chi connectivity index (χ1v) is 5.93. The highest BCUT2D eigenvalue weighted by atomic mass is 19.4. The minimum Gasteiger partial charge on any atom is -0.369 e. The maximum absolute atomic E-state index is 12.8. The summed E-state index contributed by atoms with van der Waals surface area (Å²) in [6.45, 7) is 0.778. The van der Waals surface area contributed by atoms with Gasteiger partial charge in [-0.1, -0.05) is 0 Å². The lowest BCUT2D eigenvalue weighted by molar-refractivity contribution is -0.182. The number of hydrogen-bond acceptors (Lipinski definition) is 3. The fourth-order valence-electron chi connectivity index (χ4n) is 2.36. The van der Waals surface area contributed by atoms with Gasteiger partial charge >= 0.3 is 6.18 Å². The van der Waals surface area contributed by atoms with Crippen molar-refractivity contribution in [2.24, 2.45) is 17.6 Å². The van der Waals surface area contributed by atoms with E-state index >= 15 is 0 Å². The number of alkyl halides is 3. The number of carbonyl (C=O) groups is 1. The summed E-state index contributed by atoms with van der Waals surface area (Å²) in [6, 6.07) is 1.74. The predicted molar refractivity (Wildman–Crippen MR) is 60.9 cm³/mol. The van der Waals surface area contributed by atoms with E-state index in [-0.39, 0.29) is 13.1 Å². The normalized spacial score (nSPS) is 24.8. The monoisotopic (exact) mass is 276 g/mol. The van der Waals surface area contributed by atoms with Crippen LogP contribution in [0.3, 0.4) is 0 Å². The summed E-state index contributed by atoms with van der Waals surface area (Å²) in [5.41, 5.74) is 5.05. The molecule has 0 spiro atoms. The van der Waals surface area contributed by atoms with Crippen molar-refractivity contribution in [2.75, 3.05) is 19.6 Å². The molecule has 0 aliphatic carbocycles. The summed E-state index contributed by atoms with van der Waals surface area (Å²) < 4.78 is 40.1. The van der Waals surface area contributed by atoms with Gasteiger partial charge in [0, 0.05) is 32.0 Å². The van der Waals surface area contributed by atoms with Gasteiger partial charge in [-0.3, -0.25) is 9.48 Å². The Labute approximate surface area is 108 Å². The Balaban J connectivity index is 1.96. The first kappa shape index (κ1) is 13.9. The molecule has 1 amide bonds.